The fraction of sp³-hybridized carbons (Fsp3) is 0.958. The average Bonchev–Trinajstić information content (AvgIpc) is 2.73. The quantitative estimate of drug-likeness (QED) is 0.265. The summed E-state index contributed by atoms with van der Waals surface area (Å²) in [5.74, 6) is -0.0597. The second-order valence-corrected chi connectivity index (χ2v) is 8.98. The molecule has 2 saturated carbocycles. The van der Waals surface area contributed by atoms with Crippen LogP contribution >= 0.6 is 0 Å². The molecule has 0 spiro atoms. The maximum absolute atomic E-state index is 11.1. The molecule has 3 nitrogen and oxygen atoms in total. The van der Waals surface area contributed by atoms with Gasteiger partial charge in [0, 0.05) is 18.5 Å². The first-order valence-corrected chi connectivity index (χ1v) is 12.1. The molecule has 0 aromatic carbocycles. The number of rotatable bonds is 13. The first kappa shape index (κ1) is 22.7. The highest BCUT2D eigenvalue weighted by Crippen LogP contribution is 2.30. The lowest BCUT2D eigenvalue weighted by Gasteiger charge is -2.41. The summed E-state index contributed by atoms with van der Waals surface area (Å²) < 4.78 is 4.69. The molecule has 0 aliphatic heterocycles. The number of unbranched alkanes of at least 4 members (excludes halogenated alkanes) is 7. The molecule has 0 atom stereocenters. The minimum Gasteiger partial charge on any atom is -0.469 e. The Bertz CT molecular complexity index is 355. The fourth-order valence-corrected chi connectivity index (χ4v) is 5.22. The zero-order valence-electron chi connectivity index (χ0n) is 18.1. The van der Waals surface area contributed by atoms with E-state index in [1.54, 1.807) is 0 Å². The van der Waals surface area contributed by atoms with Gasteiger partial charge in [0.25, 0.3) is 0 Å². The minimum atomic E-state index is -0.0597. The molecular formula is C24H45NO2. The van der Waals surface area contributed by atoms with Crippen LogP contribution in [0.3, 0.4) is 0 Å². The smallest absolute Gasteiger partial charge is 0.305 e. The van der Waals surface area contributed by atoms with Gasteiger partial charge < -0.3 is 4.74 Å². The predicted molar refractivity (Wildman–Crippen MR) is 114 cm³/mol. The van der Waals surface area contributed by atoms with E-state index in [-0.39, 0.29) is 5.97 Å². The normalized spacial score (nSPS) is 19.5. The number of esters is 1. The highest BCUT2D eigenvalue weighted by atomic mass is 16.5. The summed E-state index contributed by atoms with van der Waals surface area (Å²) in [6.07, 6.45) is 25.5. The van der Waals surface area contributed by atoms with Gasteiger partial charge in [-0.2, -0.15) is 0 Å². The van der Waals surface area contributed by atoms with Gasteiger partial charge in [0.05, 0.1) is 7.11 Å². The zero-order valence-corrected chi connectivity index (χ0v) is 18.1. The molecule has 2 aliphatic carbocycles. The van der Waals surface area contributed by atoms with Crippen molar-refractivity contribution < 1.29 is 9.53 Å². The average molecular weight is 380 g/mol. The van der Waals surface area contributed by atoms with Crippen molar-refractivity contribution in [2.24, 2.45) is 0 Å². The lowest BCUT2D eigenvalue weighted by atomic mass is 9.88. The molecule has 0 unspecified atom stereocenters. The van der Waals surface area contributed by atoms with Crippen LogP contribution in [-0.2, 0) is 9.53 Å². The molecule has 0 aromatic heterocycles. The Labute approximate surface area is 168 Å². The lowest BCUT2D eigenvalue weighted by molar-refractivity contribution is -0.140. The Morgan fingerprint density at radius 2 is 1.15 bits per heavy atom. The van der Waals surface area contributed by atoms with Gasteiger partial charge in [-0.25, -0.2) is 0 Å². The van der Waals surface area contributed by atoms with Crippen LogP contribution in [0.5, 0.6) is 0 Å². The molecule has 27 heavy (non-hydrogen) atoms. The van der Waals surface area contributed by atoms with Crippen molar-refractivity contribution in [3.63, 3.8) is 0 Å². The van der Waals surface area contributed by atoms with Crippen LogP contribution in [0.25, 0.3) is 0 Å². The van der Waals surface area contributed by atoms with Crippen molar-refractivity contribution in [1.82, 2.24) is 4.90 Å². The van der Waals surface area contributed by atoms with Crippen molar-refractivity contribution in [3.05, 3.63) is 0 Å². The van der Waals surface area contributed by atoms with E-state index in [2.05, 4.69) is 9.64 Å². The second-order valence-electron chi connectivity index (χ2n) is 8.98. The number of nitrogens with zero attached hydrogens (tertiary/aromatic N) is 1. The highest BCUT2D eigenvalue weighted by Gasteiger charge is 2.28. The van der Waals surface area contributed by atoms with Crippen molar-refractivity contribution >= 4 is 5.97 Å². The van der Waals surface area contributed by atoms with Crippen LogP contribution in [0.4, 0.5) is 0 Å². The summed E-state index contributed by atoms with van der Waals surface area (Å²) in [5, 5.41) is 0. The Hall–Kier alpha value is -0.570. The molecule has 2 aliphatic rings. The Kier molecular flexibility index (Phi) is 12.1. The summed E-state index contributed by atoms with van der Waals surface area (Å²) >= 11 is 0. The first-order valence-electron chi connectivity index (χ1n) is 12.1. The van der Waals surface area contributed by atoms with Crippen LogP contribution in [0.2, 0.25) is 0 Å². The monoisotopic (exact) mass is 379 g/mol. The van der Waals surface area contributed by atoms with Gasteiger partial charge in [-0.1, -0.05) is 77.0 Å². The molecule has 158 valence electrons. The molecule has 0 heterocycles. The maximum atomic E-state index is 11.1. The van der Waals surface area contributed by atoms with Crippen LogP contribution < -0.4 is 0 Å². The Morgan fingerprint density at radius 1 is 0.704 bits per heavy atom. The molecule has 2 rings (SSSR count). The summed E-state index contributed by atoms with van der Waals surface area (Å²) in [6, 6.07) is 1.80. The summed E-state index contributed by atoms with van der Waals surface area (Å²) in [6.45, 7) is 1.36. The van der Waals surface area contributed by atoms with Crippen LogP contribution in [-0.4, -0.2) is 36.6 Å². The van der Waals surface area contributed by atoms with Gasteiger partial charge in [-0.3, -0.25) is 9.69 Å². The predicted octanol–water partition coefficient (Wildman–Crippen LogP) is 6.64. The van der Waals surface area contributed by atoms with Gasteiger partial charge >= 0.3 is 5.97 Å². The van der Waals surface area contributed by atoms with Crippen LogP contribution in [0.1, 0.15) is 122 Å². The molecule has 2 fully saturated rings. The number of hydrogen-bond acceptors (Lipinski definition) is 3. The standard InChI is InChI=1S/C24H45NO2/c1-27-24(26)20-14-6-4-2-3-5-7-15-21-25(22-16-10-8-11-17-22)23-18-12-9-13-19-23/h22-23H,2-21H2,1H3. The van der Waals surface area contributed by atoms with E-state index >= 15 is 0 Å². The maximum Gasteiger partial charge on any atom is 0.305 e. The van der Waals surface area contributed by atoms with E-state index in [0.29, 0.717) is 6.42 Å². The van der Waals surface area contributed by atoms with Crippen molar-refractivity contribution in [3.8, 4) is 0 Å². The molecule has 0 bridgehead atoms. The van der Waals surface area contributed by atoms with Crippen molar-refractivity contribution in [2.75, 3.05) is 13.7 Å². The molecule has 0 amide bonds. The Balaban J connectivity index is 1.53. The van der Waals surface area contributed by atoms with Crippen molar-refractivity contribution in [1.29, 1.82) is 0 Å². The third-order valence-corrected chi connectivity index (χ3v) is 6.86. The van der Waals surface area contributed by atoms with E-state index in [9.17, 15) is 4.79 Å². The first-order chi connectivity index (χ1) is 13.3. The van der Waals surface area contributed by atoms with E-state index in [4.69, 9.17) is 0 Å². The molecule has 0 radical (unpaired) electrons. The number of methoxy groups -OCH3 is 1. The minimum absolute atomic E-state index is 0.0597. The van der Waals surface area contributed by atoms with Gasteiger partial charge in [-0.15, -0.1) is 0 Å². The van der Waals surface area contributed by atoms with E-state index in [0.717, 1.165) is 18.5 Å². The third kappa shape index (κ3) is 9.45. The zero-order chi connectivity index (χ0) is 19.2. The van der Waals surface area contributed by atoms with Crippen molar-refractivity contribution in [2.45, 2.75) is 134 Å². The molecule has 0 aromatic rings. The van der Waals surface area contributed by atoms with Gasteiger partial charge in [0.2, 0.25) is 0 Å². The highest BCUT2D eigenvalue weighted by molar-refractivity contribution is 5.68. The molecular weight excluding hydrogens is 334 g/mol. The molecule has 0 saturated heterocycles. The largest absolute Gasteiger partial charge is 0.469 e. The SMILES string of the molecule is COC(=O)CCCCCCCCCCN(C1CCCCC1)C1CCCCC1. The Morgan fingerprint density at radius 3 is 1.63 bits per heavy atom. The van der Waals surface area contributed by atoms with Gasteiger partial charge in [-0.05, 0) is 45.1 Å². The van der Waals surface area contributed by atoms with E-state index in [1.807, 2.05) is 0 Å². The number of carbonyl (C=O) groups excluding carboxylic acids is 1. The molecule has 3 heteroatoms. The number of ether oxygens (including phenoxy) is 1. The number of carbonyl (C=O) groups is 1. The summed E-state index contributed by atoms with van der Waals surface area (Å²) in [4.78, 5) is 14.0. The fourth-order valence-electron chi connectivity index (χ4n) is 5.22. The second kappa shape index (κ2) is 14.4. The molecule has 0 N–H and O–H groups in total. The third-order valence-electron chi connectivity index (χ3n) is 6.86. The lowest BCUT2D eigenvalue weighted by Crippen LogP contribution is -2.45. The van der Waals surface area contributed by atoms with Crippen LogP contribution in [0.15, 0.2) is 0 Å². The van der Waals surface area contributed by atoms with Crippen LogP contribution in [0, 0.1) is 0 Å². The topological polar surface area (TPSA) is 29.5 Å². The summed E-state index contributed by atoms with van der Waals surface area (Å²) in [7, 11) is 1.48. The van der Waals surface area contributed by atoms with E-state index < -0.39 is 0 Å². The summed E-state index contributed by atoms with van der Waals surface area (Å²) in [5.41, 5.74) is 0. The van der Waals surface area contributed by atoms with E-state index in [1.165, 1.54) is 123 Å². The number of hydrogen-bond donors (Lipinski definition) is 0. The van der Waals surface area contributed by atoms with Gasteiger partial charge in [0.15, 0.2) is 0 Å². The van der Waals surface area contributed by atoms with Gasteiger partial charge in [0.1, 0.15) is 0 Å².